The molecule has 1 saturated heterocycles. The van der Waals surface area contributed by atoms with Gasteiger partial charge in [-0.3, -0.25) is 0 Å². The van der Waals surface area contributed by atoms with Crippen molar-refractivity contribution in [2.45, 2.75) is 18.6 Å². The Kier molecular flexibility index (Phi) is 2.75. The molecule has 1 heterocycles. The van der Waals surface area contributed by atoms with Crippen LogP contribution in [0.3, 0.4) is 0 Å². The van der Waals surface area contributed by atoms with Crippen LogP contribution in [0.4, 0.5) is 0 Å². The molecule has 0 aromatic rings. The predicted molar refractivity (Wildman–Crippen MR) is 43.7 cm³/mol. The van der Waals surface area contributed by atoms with E-state index in [2.05, 4.69) is 5.32 Å². The van der Waals surface area contributed by atoms with E-state index in [1.807, 2.05) is 0 Å². The van der Waals surface area contributed by atoms with Crippen molar-refractivity contribution in [2.75, 3.05) is 13.1 Å². The minimum atomic E-state index is -0.472. The lowest BCUT2D eigenvalue weighted by Gasteiger charge is -2.19. The Hall–Kier alpha value is 0.170. The van der Waals surface area contributed by atoms with E-state index >= 15 is 0 Å². The molecule has 2 aliphatic rings. The van der Waals surface area contributed by atoms with Crippen LogP contribution in [0.1, 0.15) is 6.42 Å². The maximum absolute atomic E-state index is 9.38. The molecule has 0 unspecified atom stereocenters. The number of fused-ring (bicyclic) bond motifs is 2. The van der Waals surface area contributed by atoms with Crippen molar-refractivity contribution >= 4 is 12.4 Å². The molecule has 3 nitrogen and oxygen atoms in total. The van der Waals surface area contributed by atoms with Crippen LogP contribution in [0.5, 0.6) is 0 Å². The maximum Gasteiger partial charge on any atom is 0.0842 e. The first-order valence-corrected chi connectivity index (χ1v) is 3.86. The fraction of sp³-hybridized carbons (Fsp3) is 1.00. The van der Waals surface area contributed by atoms with Gasteiger partial charge in [-0.05, 0) is 6.42 Å². The highest BCUT2D eigenvalue weighted by Crippen LogP contribution is 2.33. The van der Waals surface area contributed by atoms with Gasteiger partial charge >= 0.3 is 0 Å². The number of nitrogens with one attached hydrogen (secondary N) is 1. The van der Waals surface area contributed by atoms with Crippen molar-refractivity contribution in [3.8, 4) is 0 Å². The van der Waals surface area contributed by atoms with Crippen molar-refractivity contribution in [2.24, 2.45) is 11.8 Å². The van der Waals surface area contributed by atoms with Gasteiger partial charge in [-0.1, -0.05) is 0 Å². The number of hydrogen-bond donors (Lipinski definition) is 3. The summed E-state index contributed by atoms with van der Waals surface area (Å²) in [6.07, 6.45) is 0.0509. The van der Waals surface area contributed by atoms with Gasteiger partial charge < -0.3 is 15.5 Å². The Morgan fingerprint density at radius 2 is 1.45 bits per heavy atom. The summed E-state index contributed by atoms with van der Waals surface area (Å²) in [4.78, 5) is 0. The summed E-state index contributed by atoms with van der Waals surface area (Å²) < 4.78 is 0. The molecule has 4 heteroatoms. The fourth-order valence-corrected chi connectivity index (χ4v) is 2.09. The average Bonchev–Trinajstić information content (AvgIpc) is 2.17. The molecular formula is C7H14ClNO2. The first-order chi connectivity index (χ1) is 4.79. The van der Waals surface area contributed by atoms with Crippen LogP contribution in [0.2, 0.25) is 0 Å². The van der Waals surface area contributed by atoms with E-state index in [1.165, 1.54) is 0 Å². The third kappa shape index (κ3) is 1.38. The van der Waals surface area contributed by atoms with Crippen molar-refractivity contribution in [3.05, 3.63) is 0 Å². The van der Waals surface area contributed by atoms with Gasteiger partial charge in [0.15, 0.2) is 0 Å². The van der Waals surface area contributed by atoms with Gasteiger partial charge in [0.2, 0.25) is 0 Å². The quantitative estimate of drug-likeness (QED) is 0.464. The van der Waals surface area contributed by atoms with Crippen LogP contribution in [0.15, 0.2) is 0 Å². The number of hydrogen-bond acceptors (Lipinski definition) is 3. The van der Waals surface area contributed by atoms with Gasteiger partial charge in [-0.15, -0.1) is 12.4 Å². The average molecular weight is 180 g/mol. The summed E-state index contributed by atoms with van der Waals surface area (Å²) in [7, 11) is 0. The molecule has 0 aromatic heterocycles. The zero-order chi connectivity index (χ0) is 7.14. The minimum Gasteiger partial charge on any atom is -0.390 e. The zero-order valence-corrected chi connectivity index (χ0v) is 7.05. The van der Waals surface area contributed by atoms with Crippen molar-refractivity contribution in [3.63, 3.8) is 0 Å². The molecule has 4 atom stereocenters. The molecular weight excluding hydrogens is 166 g/mol. The molecule has 2 fully saturated rings. The standard InChI is InChI=1S/C7H13NO2.ClH/c9-6-4-1-5(7(6)10)3-8-2-4;/h4-10H,1-3H2;1H/t4-,5+,6+,7-;. The number of aliphatic hydroxyl groups is 2. The Bertz CT molecular complexity index is 126. The highest BCUT2D eigenvalue weighted by molar-refractivity contribution is 5.85. The summed E-state index contributed by atoms with van der Waals surface area (Å²) in [5, 5.41) is 21.9. The largest absolute Gasteiger partial charge is 0.390 e. The van der Waals surface area contributed by atoms with E-state index in [0.29, 0.717) is 11.8 Å². The molecule has 0 spiro atoms. The molecule has 3 N–H and O–H groups in total. The normalized spacial score (nSPS) is 48.5. The first kappa shape index (κ1) is 9.26. The molecule has 0 aromatic carbocycles. The number of halogens is 1. The summed E-state index contributed by atoms with van der Waals surface area (Å²) in [5.74, 6) is 0.600. The van der Waals surface area contributed by atoms with E-state index in [-0.39, 0.29) is 12.4 Å². The van der Waals surface area contributed by atoms with Crippen LogP contribution in [-0.2, 0) is 0 Å². The lowest BCUT2D eigenvalue weighted by Crippen LogP contribution is -2.32. The van der Waals surface area contributed by atoms with Crippen molar-refractivity contribution in [1.29, 1.82) is 0 Å². The summed E-state index contributed by atoms with van der Waals surface area (Å²) in [5.41, 5.74) is 0. The Labute approximate surface area is 72.2 Å². The molecule has 2 bridgehead atoms. The highest BCUT2D eigenvalue weighted by atomic mass is 35.5. The van der Waals surface area contributed by atoms with E-state index in [4.69, 9.17) is 0 Å². The van der Waals surface area contributed by atoms with Crippen LogP contribution >= 0.6 is 12.4 Å². The molecule has 1 saturated carbocycles. The Morgan fingerprint density at radius 1 is 1.00 bits per heavy atom. The molecule has 0 amide bonds. The summed E-state index contributed by atoms with van der Waals surface area (Å²) in [6, 6.07) is 0. The van der Waals surface area contributed by atoms with Crippen LogP contribution in [0.25, 0.3) is 0 Å². The maximum atomic E-state index is 9.38. The number of rotatable bonds is 0. The smallest absolute Gasteiger partial charge is 0.0842 e. The minimum absolute atomic E-state index is 0. The van der Waals surface area contributed by atoms with Gasteiger partial charge in [-0.25, -0.2) is 0 Å². The van der Waals surface area contributed by atoms with Crippen LogP contribution < -0.4 is 5.32 Å². The molecule has 0 radical (unpaired) electrons. The van der Waals surface area contributed by atoms with Gasteiger partial charge in [0.25, 0.3) is 0 Å². The van der Waals surface area contributed by atoms with Crippen LogP contribution in [-0.4, -0.2) is 35.5 Å². The number of aliphatic hydroxyl groups excluding tert-OH is 2. The van der Waals surface area contributed by atoms with Gasteiger partial charge in [0.1, 0.15) is 0 Å². The van der Waals surface area contributed by atoms with E-state index < -0.39 is 12.2 Å². The lowest BCUT2D eigenvalue weighted by molar-refractivity contribution is 0.0130. The summed E-state index contributed by atoms with van der Waals surface area (Å²) in [6.45, 7) is 1.74. The fourth-order valence-electron chi connectivity index (χ4n) is 2.09. The SMILES string of the molecule is Cl.O[C@@H]1[C@@H]2CNC[C@@H](C2)[C@@H]1O. The number of piperidine rings is 1. The molecule has 66 valence electrons. The van der Waals surface area contributed by atoms with Gasteiger partial charge in [-0.2, -0.15) is 0 Å². The second-order valence-corrected chi connectivity index (χ2v) is 3.40. The molecule has 2 rings (SSSR count). The summed E-state index contributed by atoms with van der Waals surface area (Å²) >= 11 is 0. The predicted octanol–water partition coefficient (Wildman–Crippen LogP) is -0.631. The Morgan fingerprint density at radius 3 is 1.82 bits per heavy atom. The highest BCUT2D eigenvalue weighted by Gasteiger charge is 2.43. The van der Waals surface area contributed by atoms with Crippen molar-refractivity contribution < 1.29 is 10.2 Å². The lowest BCUT2D eigenvalue weighted by atomic mass is 10.0. The van der Waals surface area contributed by atoms with Gasteiger partial charge in [0, 0.05) is 24.9 Å². The third-order valence-corrected chi connectivity index (χ3v) is 2.73. The van der Waals surface area contributed by atoms with Crippen molar-refractivity contribution in [1.82, 2.24) is 5.32 Å². The second-order valence-electron chi connectivity index (χ2n) is 3.40. The zero-order valence-electron chi connectivity index (χ0n) is 6.23. The molecule has 1 aliphatic heterocycles. The van der Waals surface area contributed by atoms with E-state index in [9.17, 15) is 10.2 Å². The van der Waals surface area contributed by atoms with E-state index in [1.54, 1.807) is 0 Å². The first-order valence-electron chi connectivity index (χ1n) is 3.86. The third-order valence-electron chi connectivity index (χ3n) is 2.73. The molecule has 1 aliphatic carbocycles. The monoisotopic (exact) mass is 179 g/mol. The van der Waals surface area contributed by atoms with Gasteiger partial charge in [0.05, 0.1) is 12.2 Å². The topological polar surface area (TPSA) is 52.5 Å². The molecule has 11 heavy (non-hydrogen) atoms. The second kappa shape index (κ2) is 3.27. The van der Waals surface area contributed by atoms with E-state index in [0.717, 1.165) is 19.5 Å². The Balaban J connectivity index is 0.000000605. The van der Waals surface area contributed by atoms with Crippen LogP contribution in [0, 0.1) is 11.8 Å².